The van der Waals surface area contributed by atoms with Crippen molar-refractivity contribution in [1.29, 1.82) is 0 Å². The monoisotopic (exact) mass is 385 g/mol. The van der Waals surface area contributed by atoms with E-state index in [4.69, 9.17) is 4.74 Å². The maximum Gasteiger partial charge on any atom is 0.233 e. The molecule has 0 radical (unpaired) electrons. The smallest absolute Gasteiger partial charge is 0.233 e. The fraction of sp³-hybridized carbons (Fsp3) is 0.333. The van der Waals surface area contributed by atoms with Crippen LogP contribution in [0.4, 0.5) is 15.8 Å². The fourth-order valence-electron chi connectivity index (χ4n) is 3.16. The number of halogens is 1. The second-order valence-corrected chi connectivity index (χ2v) is 6.50. The molecular weight excluding hydrogens is 361 g/mol. The minimum absolute atomic E-state index is 0.215. The molecule has 0 bridgehead atoms. The molecule has 6 nitrogen and oxygen atoms in total. The summed E-state index contributed by atoms with van der Waals surface area (Å²) >= 11 is 0. The van der Waals surface area contributed by atoms with Crippen molar-refractivity contribution in [3.8, 4) is 5.75 Å². The van der Waals surface area contributed by atoms with Crippen LogP contribution in [0.25, 0.3) is 0 Å². The van der Waals surface area contributed by atoms with Crippen molar-refractivity contribution in [3.63, 3.8) is 0 Å². The van der Waals surface area contributed by atoms with Crippen molar-refractivity contribution in [3.05, 3.63) is 54.3 Å². The van der Waals surface area contributed by atoms with Crippen LogP contribution in [0.5, 0.6) is 5.75 Å². The number of para-hydroxylation sites is 1. The van der Waals surface area contributed by atoms with Crippen LogP contribution >= 0.6 is 0 Å². The van der Waals surface area contributed by atoms with Crippen molar-refractivity contribution in [1.82, 2.24) is 4.90 Å². The Kier molecular flexibility index (Phi) is 6.47. The van der Waals surface area contributed by atoms with Crippen LogP contribution in [-0.2, 0) is 9.59 Å². The first kappa shape index (κ1) is 19.7. The maximum absolute atomic E-state index is 13.9. The van der Waals surface area contributed by atoms with Gasteiger partial charge in [-0.05, 0) is 43.3 Å². The highest BCUT2D eigenvalue weighted by atomic mass is 19.1. The maximum atomic E-state index is 13.9. The predicted molar refractivity (Wildman–Crippen MR) is 106 cm³/mol. The van der Waals surface area contributed by atoms with Gasteiger partial charge in [0, 0.05) is 31.9 Å². The van der Waals surface area contributed by atoms with Gasteiger partial charge in [-0.3, -0.25) is 9.59 Å². The first-order valence-corrected chi connectivity index (χ1v) is 9.37. The number of amides is 2. The van der Waals surface area contributed by atoms with Crippen molar-refractivity contribution in [2.75, 3.05) is 43.0 Å². The van der Waals surface area contributed by atoms with Crippen molar-refractivity contribution < 1.29 is 18.7 Å². The van der Waals surface area contributed by atoms with Crippen LogP contribution in [0.3, 0.4) is 0 Å². The molecule has 1 N–H and O–H groups in total. The molecule has 2 amide bonds. The third-order valence-electron chi connectivity index (χ3n) is 4.59. The molecule has 0 aromatic heterocycles. The lowest BCUT2D eigenvalue weighted by atomic mass is 10.2. The summed E-state index contributed by atoms with van der Waals surface area (Å²) in [5.41, 5.74) is 1.16. The molecule has 7 heteroatoms. The average molecular weight is 385 g/mol. The largest absolute Gasteiger partial charge is 0.494 e. The van der Waals surface area contributed by atoms with Crippen molar-refractivity contribution >= 4 is 23.2 Å². The second kappa shape index (κ2) is 9.21. The average Bonchev–Trinajstić information content (AvgIpc) is 2.70. The topological polar surface area (TPSA) is 61.9 Å². The van der Waals surface area contributed by atoms with Crippen LogP contribution < -0.4 is 15.0 Å². The third-order valence-corrected chi connectivity index (χ3v) is 4.59. The number of hydrogen-bond acceptors (Lipinski definition) is 4. The molecule has 1 fully saturated rings. The Hall–Kier alpha value is -3.09. The van der Waals surface area contributed by atoms with Crippen LogP contribution in [0.1, 0.15) is 13.3 Å². The van der Waals surface area contributed by atoms with E-state index in [1.807, 2.05) is 11.8 Å². The first-order valence-electron chi connectivity index (χ1n) is 9.37. The molecule has 0 atom stereocenters. The summed E-state index contributed by atoms with van der Waals surface area (Å²) in [5, 5.41) is 2.72. The van der Waals surface area contributed by atoms with E-state index in [0.29, 0.717) is 44.2 Å². The van der Waals surface area contributed by atoms with E-state index in [1.165, 1.54) is 6.07 Å². The lowest BCUT2D eigenvalue weighted by Crippen LogP contribution is -2.49. The quantitative estimate of drug-likeness (QED) is 0.777. The first-order chi connectivity index (χ1) is 13.6. The Balaban J connectivity index is 1.47. The van der Waals surface area contributed by atoms with Crippen LogP contribution in [0.2, 0.25) is 0 Å². The zero-order valence-electron chi connectivity index (χ0n) is 15.9. The number of benzene rings is 2. The van der Waals surface area contributed by atoms with E-state index in [2.05, 4.69) is 5.32 Å². The van der Waals surface area contributed by atoms with Gasteiger partial charge in [-0.1, -0.05) is 12.1 Å². The number of nitrogens with zero attached hydrogens (tertiary/aromatic N) is 2. The van der Waals surface area contributed by atoms with Crippen LogP contribution in [-0.4, -0.2) is 49.5 Å². The minimum Gasteiger partial charge on any atom is -0.494 e. The van der Waals surface area contributed by atoms with E-state index in [9.17, 15) is 14.0 Å². The molecule has 0 aliphatic carbocycles. The molecule has 1 heterocycles. The molecule has 1 saturated heterocycles. The number of rotatable bonds is 6. The third kappa shape index (κ3) is 5.00. The molecule has 1 aliphatic heterocycles. The van der Waals surface area contributed by atoms with E-state index >= 15 is 0 Å². The number of ether oxygens (including phenoxy) is 1. The zero-order chi connectivity index (χ0) is 19.9. The number of nitrogens with one attached hydrogen (secondary N) is 1. The summed E-state index contributed by atoms with van der Waals surface area (Å²) in [7, 11) is 0. The molecule has 0 saturated carbocycles. The zero-order valence-corrected chi connectivity index (χ0v) is 15.9. The van der Waals surface area contributed by atoms with Gasteiger partial charge in [-0.25, -0.2) is 4.39 Å². The number of carbonyl (C=O) groups excluding carboxylic acids is 2. The Morgan fingerprint density at radius 1 is 1.04 bits per heavy atom. The molecule has 28 heavy (non-hydrogen) atoms. The predicted octanol–water partition coefficient (Wildman–Crippen LogP) is 2.90. The number of hydrogen-bond donors (Lipinski definition) is 1. The van der Waals surface area contributed by atoms with E-state index in [0.717, 1.165) is 5.75 Å². The normalized spacial score (nSPS) is 13.9. The Morgan fingerprint density at radius 2 is 1.71 bits per heavy atom. The number of anilines is 2. The highest BCUT2D eigenvalue weighted by Gasteiger charge is 2.24. The molecule has 148 valence electrons. The summed E-state index contributed by atoms with van der Waals surface area (Å²) in [6.45, 7) is 4.47. The fourth-order valence-corrected chi connectivity index (χ4v) is 3.16. The van der Waals surface area contributed by atoms with Crippen LogP contribution in [0.15, 0.2) is 48.5 Å². The molecular formula is C21H24FN3O3. The number of piperazine rings is 1. The van der Waals surface area contributed by atoms with Crippen molar-refractivity contribution in [2.45, 2.75) is 13.3 Å². The lowest BCUT2D eigenvalue weighted by Gasteiger charge is -2.36. The lowest BCUT2D eigenvalue weighted by molar-refractivity contribution is -0.134. The highest BCUT2D eigenvalue weighted by molar-refractivity contribution is 6.03. The van der Waals surface area contributed by atoms with Gasteiger partial charge in [-0.15, -0.1) is 0 Å². The summed E-state index contributed by atoms with van der Waals surface area (Å²) in [6.07, 6.45) is -0.215. The number of carbonyl (C=O) groups is 2. The van der Waals surface area contributed by atoms with E-state index < -0.39 is 0 Å². The summed E-state index contributed by atoms with van der Waals surface area (Å²) < 4.78 is 19.3. The van der Waals surface area contributed by atoms with E-state index in [1.54, 1.807) is 47.4 Å². The van der Waals surface area contributed by atoms with Gasteiger partial charge >= 0.3 is 0 Å². The Bertz CT molecular complexity index is 818. The van der Waals surface area contributed by atoms with Gasteiger partial charge < -0.3 is 19.9 Å². The molecule has 1 aliphatic rings. The summed E-state index contributed by atoms with van der Waals surface area (Å²) in [4.78, 5) is 28.1. The Labute approximate surface area is 163 Å². The SMILES string of the molecule is CCOc1ccc(NC(=O)CC(=O)N2CCN(c3ccccc3F)CC2)cc1. The van der Waals surface area contributed by atoms with Gasteiger partial charge in [0.2, 0.25) is 11.8 Å². The molecule has 2 aromatic rings. The minimum atomic E-state index is -0.356. The van der Waals surface area contributed by atoms with Crippen LogP contribution in [0, 0.1) is 5.82 Å². The highest BCUT2D eigenvalue weighted by Crippen LogP contribution is 2.20. The van der Waals surface area contributed by atoms with Crippen molar-refractivity contribution in [2.24, 2.45) is 0 Å². The van der Waals surface area contributed by atoms with Gasteiger partial charge in [0.1, 0.15) is 18.0 Å². The molecule has 0 spiro atoms. The second-order valence-electron chi connectivity index (χ2n) is 6.50. The summed E-state index contributed by atoms with van der Waals surface area (Å²) in [6, 6.07) is 13.6. The standard InChI is InChI=1S/C21H24FN3O3/c1-2-28-17-9-7-16(8-10-17)23-20(26)15-21(27)25-13-11-24(12-14-25)19-6-4-3-5-18(19)22/h3-10H,2,11-15H2,1H3,(H,23,26). The summed E-state index contributed by atoms with van der Waals surface area (Å²) in [5.74, 6) is -0.122. The van der Waals surface area contributed by atoms with Gasteiger partial charge in [-0.2, -0.15) is 0 Å². The van der Waals surface area contributed by atoms with E-state index in [-0.39, 0.29) is 24.1 Å². The molecule has 0 unspecified atom stereocenters. The van der Waals surface area contributed by atoms with Gasteiger partial charge in [0.15, 0.2) is 0 Å². The molecule has 2 aromatic carbocycles. The van der Waals surface area contributed by atoms with Gasteiger partial charge in [0.25, 0.3) is 0 Å². The molecule has 3 rings (SSSR count). The Morgan fingerprint density at radius 3 is 2.36 bits per heavy atom. The van der Waals surface area contributed by atoms with Gasteiger partial charge in [0.05, 0.1) is 12.3 Å².